The topological polar surface area (TPSA) is 54.9 Å². The van der Waals surface area contributed by atoms with Crippen molar-refractivity contribution in [3.63, 3.8) is 0 Å². The van der Waals surface area contributed by atoms with Crippen molar-refractivity contribution in [2.45, 2.75) is 0 Å². The number of hydrogen-bond donors (Lipinski definition) is 1. The lowest BCUT2D eigenvalue weighted by molar-refractivity contribution is 0.102. The highest BCUT2D eigenvalue weighted by Crippen LogP contribution is 2.09. The second-order valence-electron chi connectivity index (χ2n) is 3.19. The van der Waals surface area contributed by atoms with Crippen molar-refractivity contribution < 1.29 is 9.18 Å². The molecule has 1 N–H and O–H groups in total. The average molecular weight is 252 g/mol. The predicted octanol–water partition coefficient (Wildman–Crippen LogP) is 2.52. The third-order valence-electron chi connectivity index (χ3n) is 1.93. The van der Waals surface area contributed by atoms with E-state index in [1.54, 1.807) is 0 Å². The van der Waals surface area contributed by atoms with Gasteiger partial charge in [0, 0.05) is 5.56 Å². The van der Waals surface area contributed by atoms with Crippen LogP contribution in [0, 0.1) is 5.82 Å². The van der Waals surface area contributed by atoms with E-state index in [0.29, 0.717) is 0 Å². The molecule has 17 heavy (non-hydrogen) atoms. The SMILES string of the molecule is O=C(Nc1cncc(Cl)n1)c1cccc(F)c1. The standard InChI is InChI=1S/C11H7ClFN3O/c12-9-5-14-6-10(15-9)16-11(17)7-2-1-3-8(13)4-7/h1-6H,(H,15,16,17). The molecule has 2 rings (SSSR count). The van der Waals surface area contributed by atoms with Crippen LogP contribution in [0.4, 0.5) is 10.2 Å². The quantitative estimate of drug-likeness (QED) is 0.892. The molecule has 0 saturated heterocycles. The summed E-state index contributed by atoms with van der Waals surface area (Å²) in [6.07, 6.45) is 2.70. The van der Waals surface area contributed by atoms with Gasteiger partial charge in [-0.1, -0.05) is 17.7 Å². The van der Waals surface area contributed by atoms with Gasteiger partial charge in [0.15, 0.2) is 5.82 Å². The fourth-order valence-electron chi connectivity index (χ4n) is 1.22. The molecule has 1 amide bonds. The van der Waals surface area contributed by atoms with E-state index in [4.69, 9.17) is 11.6 Å². The third kappa shape index (κ3) is 2.98. The Bertz CT molecular complexity index is 562. The number of amides is 1. The first-order valence-electron chi connectivity index (χ1n) is 4.69. The summed E-state index contributed by atoms with van der Waals surface area (Å²) < 4.78 is 12.9. The number of hydrogen-bond acceptors (Lipinski definition) is 3. The molecule has 2 aromatic rings. The Morgan fingerprint density at radius 3 is 2.88 bits per heavy atom. The van der Waals surface area contributed by atoms with E-state index in [1.807, 2.05) is 0 Å². The Morgan fingerprint density at radius 1 is 1.35 bits per heavy atom. The first kappa shape index (κ1) is 11.5. The third-order valence-corrected chi connectivity index (χ3v) is 2.12. The van der Waals surface area contributed by atoms with Crippen molar-refractivity contribution in [1.29, 1.82) is 0 Å². The maximum absolute atomic E-state index is 12.9. The molecule has 0 atom stereocenters. The number of benzene rings is 1. The van der Waals surface area contributed by atoms with Crippen molar-refractivity contribution in [2.75, 3.05) is 5.32 Å². The smallest absolute Gasteiger partial charge is 0.256 e. The van der Waals surface area contributed by atoms with Crippen LogP contribution in [0.25, 0.3) is 0 Å². The van der Waals surface area contributed by atoms with Crippen LogP contribution in [0.2, 0.25) is 5.15 Å². The summed E-state index contributed by atoms with van der Waals surface area (Å²) in [5, 5.41) is 2.63. The van der Waals surface area contributed by atoms with Crippen molar-refractivity contribution >= 4 is 23.3 Å². The molecule has 0 aliphatic heterocycles. The Labute approximate surface area is 101 Å². The van der Waals surface area contributed by atoms with Gasteiger partial charge in [0.25, 0.3) is 5.91 Å². The van der Waals surface area contributed by atoms with Gasteiger partial charge in [-0.25, -0.2) is 9.37 Å². The van der Waals surface area contributed by atoms with Gasteiger partial charge in [0.05, 0.1) is 12.4 Å². The van der Waals surface area contributed by atoms with Crippen LogP contribution in [-0.2, 0) is 0 Å². The first-order valence-corrected chi connectivity index (χ1v) is 5.07. The van der Waals surface area contributed by atoms with E-state index in [9.17, 15) is 9.18 Å². The molecular formula is C11H7ClFN3O. The van der Waals surface area contributed by atoms with Gasteiger partial charge in [-0.2, -0.15) is 0 Å². The molecule has 0 spiro atoms. The normalized spacial score (nSPS) is 10.0. The Balaban J connectivity index is 2.17. The molecule has 0 bridgehead atoms. The van der Waals surface area contributed by atoms with Gasteiger partial charge in [0.2, 0.25) is 0 Å². The highest BCUT2D eigenvalue weighted by Gasteiger charge is 2.07. The van der Waals surface area contributed by atoms with Crippen LogP contribution < -0.4 is 5.32 Å². The number of nitrogens with zero attached hydrogens (tertiary/aromatic N) is 2. The second-order valence-corrected chi connectivity index (χ2v) is 3.58. The minimum absolute atomic E-state index is 0.169. The zero-order valence-corrected chi connectivity index (χ0v) is 9.28. The first-order chi connectivity index (χ1) is 8.15. The predicted molar refractivity (Wildman–Crippen MR) is 61.4 cm³/mol. The maximum atomic E-state index is 12.9. The summed E-state index contributed by atoms with van der Waals surface area (Å²) in [7, 11) is 0. The molecule has 1 aromatic carbocycles. The van der Waals surface area contributed by atoms with Gasteiger partial charge < -0.3 is 5.32 Å². The lowest BCUT2D eigenvalue weighted by atomic mass is 10.2. The van der Waals surface area contributed by atoms with Gasteiger partial charge in [-0.3, -0.25) is 9.78 Å². The van der Waals surface area contributed by atoms with Crippen molar-refractivity contribution in [3.05, 3.63) is 53.2 Å². The molecule has 6 heteroatoms. The number of rotatable bonds is 2. The Kier molecular flexibility index (Phi) is 3.30. The molecule has 86 valence electrons. The van der Waals surface area contributed by atoms with Crippen molar-refractivity contribution in [2.24, 2.45) is 0 Å². The van der Waals surface area contributed by atoms with E-state index >= 15 is 0 Å². The number of anilines is 1. The Hall–Kier alpha value is -2.01. The van der Waals surface area contributed by atoms with E-state index in [-0.39, 0.29) is 16.5 Å². The summed E-state index contributed by atoms with van der Waals surface area (Å²) in [6, 6.07) is 5.34. The zero-order valence-electron chi connectivity index (χ0n) is 8.52. The van der Waals surface area contributed by atoms with Crippen LogP contribution in [0.1, 0.15) is 10.4 Å². The van der Waals surface area contributed by atoms with Crippen LogP contribution in [0.15, 0.2) is 36.7 Å². The fraction of sp³-hybridized carbons (Fsp3) is 0. The number of carbonyl (C=O) groups is 1. The van der Waals surface area contributed by atoms with E-state index in [0.717, 1.165) is 6.07 Å². The summed E-state index contributed by atoms with van der Waals surface area (Å²) in [6.45, 7) is 0. The molecule has 0 aliphatic carbocycles. The molecule has 0 saturated carbocycles. The molecule has 4 nitrogen and oxygen atoms in total. The van der Waals surface area contributed by atoms with Gasteiger partial charge >= 0.3 is 0 Å². The molecule has 0 fully saturated rings. The molecular weight excluding hydrogens is 245 g/mol. The number of nitrogens with one attached hydrogen (secondary N) is 1. The lowest BCUT2D eigenvalue weighted by Crippen LogP contribution is -2.13. The van der Waals surface area contributed by atoms with E-state index < -0.39 is 11.7 Å². The zero-order chi connectivity index (χ0) is 12.3. The fourth-order valence-corrected chi connectivity index (χ4v) is 1.37. The highest BCUT2D eigenvalue weighted by atomic mass is 35.5. The summed E-state index contributed by atoms with van der Waals surface area (Å²) in [5.74, 6) is -0.734. The second kappa shape index (κ2) is 4.88. The Morgan fingerprint density at radius 2 is 2.18 bits per heavy atom. The monoisotopic (exact) mass is 251 g/mol. The van der Waals surface area contributed by atoms with Crippen LogP contribution >= 0.6 is 11.6 Å². The molecule has 0 radical (unpaired) electrons. The van der Waals surface area contributed by atoms with Crippen LogP contribution in [0.5, 0.6) is 0 Å². The number of carbonyl (C=O) groups excluding carboxylic acids is 1. The molecule has 0 unspecified atom stereocenters. The van der Waals surface area contributed by atoms with E-state index in [1.165, 1.54) is 30.6 Å². The number of aromatic nitrogens is 2. The largest absolute Gasteiger partial charge is 0.305 e. The molecule has 1 heterocycles. The highest BCUT2D eigenvalue weighted by molar-refractivity contribution is 6.29. The lowest BCUT2D eigenvalue weighted by Gasteiger charge is -2.03. The summed E-state index contributed by atoms with van der Waals surface area (Å²) in [4.78, 5) is 19.3. The van der Waals surface area contributed by atoms with Gasteiger partial charge in [0.1, 0.15) is 11.0 Å². The number of halogens is 2. The summed E-state index contributed by atoms with van der Waals surface area (Å²) >= 11 is 5.61. The molecule has 1 aromatic heterocycles. The van der Waals surface area contributed by atoms with E-state index in [2.05, 4.69) is 15.3 Å². The summed E-state index contributed by atoms with van der Waals surface area (Å²) in [5.41, 5.74) is 0.201. The van der Waals surface area contributed by atoms with Crippen molar-refractivity contribution in [3.8, 4) is 0 Å². The maximum Gasteiger partial charge on any atom is 0.256 e. The minimum Gasteiger partial charge on any atom is -0.305 e. The average Bonchev–Trinajstić information content (AvgIpc) is 2.29. The van der Waals surface area contributed by atoms with Gasteiger partial charge in [-0.15, -0.1) is 0 Å². The minimum atomic E-state index is -0.477. The van der Waals surface area contributed by atoms with Gasteiger partial charge in [-0.05, 0) is 18.2 Å². The van der Waals surface area contributed by atoms with Crippen molar-refractivity contribution in [1.82, 2.24) is 9.97 Å². The molecule has 0 aliphatic rings. The van der Waals surface area contributed by atoms with Crippen LogP contribution in [-0.4, -0.2) is 15.9 Å². The van der Waals surface area contributed by atoms with Crippen LogP contribution in [0.3, 0.4) is 0 Å².